The highest BCUT2D eigenvalue weighted by molar-refractivity contribution is 6.18. The maximum Gasteiger partial charge on any atom is 0.144 e. The summed E-state index contributed by atoms with van der Waals surface area (Å²) in [5, 5.41) is 12.7. The standard InChI is InChI=1S/C15H24ClN3O2/c1-18-5-7-19(8-6-18)14-4-3-12(9-15(14)21-2)17-11-13(20)10-16/h3-4,9,13,17,20H,5-8,10-11H2,1-2H3. The molecule has 0 amide bonds. The van der Waals surface area contributed by atoms with Gasteiger partial charge in [0.15, 0.2) is 0 Å². The van der Waals surface area contributed by atoms with Crippen LogP contribution in [0.15, 0.2) is 18.2 Å². The number of likely N-dealkylation sites (N-methyl/N-ethyl adjacent to an activating group) is 1. The molecule has 1 aliphatic heterocycles. The molecule has 0 aliphatic carbocycles. The molecule has 2 N–H and O–H groups in total. The van der Waals surface area contributed by atoms with E-state index < -0.39 is 6.10 Å². The molecular formula is C15H24ClN3O2. The Bertz CT molecular complexity index is 451. The second-order valence-corrected chi connectivity index (χ2v) is 5.67. The van der Waals surface area contributed by atoms with Crippen molar-refractivity contribution in [2.75, 3.05) is 63.0 Å². The maximum atomic E-state index is 9.49. The van der Waals surface area contributed by atoms with Crippen molar-refractivity contribution in [1.29, 1.82) is 0 Å². The van der Waals surface area contributed by atoms with E-state index in [0.29, 0.717) is 6.54 Å². The third kappa shape index (κ3) is 4.40. The van der Waals surface area contributed by atoms with Crippen LogP contribution in [0.1, 0.15) is 0 Å². The molecule has 0 saturated carbocycles. The number of hydrogen-bond donors (Lipinski definition) is 2. The number of aliphatic hydroxyl groups excluding tert-OH is 1. The highest BCUT2D eigenvalue weighted by atomic mass is 35.5. The summed E-state index contributed by atoms with van der Waals surface area (Å²) in [6, 6.07) is 6.05. The molecule has 1 aromatic rings. The molecule has 1 fully saturated rings. The fourth-order valence-corrected chi connectivity index (χ4v) is 2.50. The van der Waals surface area contributed by atoms with Gasteiger partial charge < -0.3 is 25.0 Å². The van der Waals surface area contributed by atoms with Gasteiger partial charge in [-0.1, -0.05) is 0 Å². The van der Waals surface area contributed by atoms with Crippen LogP contribution in [0.5, 0.6) is 5.75 Å². The van der Waals surface area contributed by atoms with Gasteiger partial charge in [-0.3, -0.25) is 0 Å². The van der Waals surface area contributed by atoms with Gasteiger partial charge in [0, 0.05) is 44.5 Å². The number of ether oxygens (including phenoxy) is 1. The van der Waals surface area contributed by atoms with Crippen molar-refractivity contribution < 1.29 is 9.84 Å². The van der Waals surface area contributed by atoms with Crippen LogP contribution >= 0.6 is 11.6 Å². The van der Waals surface area contributed by atoms with Crippen molar-refractivity contribution in [2.24, 2.45) is 0 Å². The highest BCUT2D eigenvalue weighted by Crippen LogP contribution is 2.31. The van der Waals surface area contributed by atoms with E-state index in [4.69, 9.17) is 16.3 Å². The average Bonchev–Trinajstić information content (AvgIpc) is 2.53. The number of halogens is 1. The third-order valence-corrected chi connectivity index (χ3v) is 4.10. The van der Waals surface area contributed by atoms with E-state index in [1.54, 1.807) is 7.11 Å². The molecule has 1 aromatic carbocycles. The van der Waals surface area contributed by atoms with Crippen LogP contribution in [0.3, 0.4) is 0 Å². The summed E-state index contributed by atoms with van der Waals surface area (Å²) in [5.41, 5.74) is 2.04. The maximum absolute atomic E-state index is 9.49. The summed E-state index contributed by atoms with van der Waals surface area (Å²) in [6.45, 7) is 4.56. The van der Waals surface area contributed by atoms with E-state index >= 15 is 0 Å². The Hall–Kier alpha value is -1.17. The Morgan fingerprint density at radius 3 is 2.67 bits per heavy atom. The van der Waals surface area contributed by atoms with Crippen LogP contribution in [-0.4, -0.2) is 68.9 Å². The highest BCUT2D eigenvalue weighted by Gasteiger charge is 2.17. The molecular weight excluding hydrogens is 290 g/mol. The van der Waals surface area contributed by atoms with E-state index in [0.717, 1.165) is 43.3 Å². The first-order valence-corrected chi connectivity index (χ1v) is 7.77. The first-order chi connectivity index (χ1) is 10.1. The molecule has 1 aliphatic rings. The Morgan fingerprint density at radius 2 is 2.05 bits per heavy atom. The first kappa shape index (κ1) is 16.2. The van der Waals surface area contributed by atoms with Gasteiger partial charge in [-0.25, -0.2) is 0 Å². The van der Waals surface area contributed by atoms with Gasteiger partial charge in [0.1, 0.15) is 5.75 Å². The lowest BCUT2D eigenvalue weighted by Gasteiger charge is -2.34. The quantitative estimate of drug-likeness (QED) is 0.779. The molecule has 1 saturated heterocycles. The summed E-state index contributed by atoms with van der Waals surface area (Å²) in [5.74, 6) is 1.08. The molecule has 0 spiro atoms. The monoisotopic (exact) mass is 313 g/mol. The number of nitrogens with one attached hydrogen (secondary N) is 1. The molecule has 6 heteroatoms. The molecule has 0 radical (unpaired) electrons. The van der Waals surface area contributed by atoms with Crippen molar-refractivity contribution in [3.63, 3.8) is 0 Å². The molecule has 118 valence electrons. The fraction of sp³-hybridized carbons (Fsp3) is 0.600. The number of nitrogens with zero attached hydrogens (tertiary/aromatic N) is 2. The molecule has 0 aromatic heterocycles. The van der Waals surface area contributed by atoms with Gasteiger partial charge in [-0.2, -0.15) is 0 Å². The number of aliphatic hydroxyl groups is 1. The average molecular weight is 314 g/mol. The summed E-state index contributed by atoms with van der Waals surface area (Å²) in [4.78, 5) is 4.67. The van der Waals surface area contributed by atoms with Crippen molar-refractivity contribution in [1.82, 2.24) is 4.90 Å². The molecule has 1 heterocycles. The van der Waals surface area contributed by atoms with Crippen molar-refractivity contribution >= 4 is 23.0 Å². The Labute approximate surface area is 131 Å². The van der Waals surface area contributed by atoms with Gasteiger partial charge in [0.2, 0.25) is 0 Å². The lowest BCUT2D eigenvalue weighted by atomic mass is 10.2. The van der Waals surface area contributed by atoms with Crippen molar-refractivity contribution in [3.05, 3.63) is 18.2 Å². The number of alkyl halides is 1. The largest absolute Gasteiger partial charge is 0.495 e. The van der Waals surface area contributed by atoms with Gasteiger partial charge in [-0.05, 0) is 19.2 Å². The molecule has 1 unspecified atom stereocenters. The van der Waals surface area contributed by atoms with E-state index in [2.05, 4.69) is 28.2 Å². The minimum Gasteiger partial charge on any atom is -0.495 e. The van der Waals surface area contributed by atoms with E-state index in [9.17, 15) is 5.11 Å². The third-order valence-electron chi connectivity index (χ3n) is 3.74. The predicted octanol–water partition coefficient (Wildman–Crippen LogP) is 1.46. The summed E-state index contributed by atoms with van der Waals surface area (Å²) >= 11 is 5.59. The van der Waals surface area contributed by atoms with Gasteiger partial charge in [-0.15, -0.1) is 11.6 Å². The number of methoxy groups -OCH3 is 1. The topological polar surface area (TPSA) is 48.0 Å². The van der Waals surface area contributed by atoms with Gasteiger partial charge in [0.25, 0.3) is 0 Å². The zero-order chi connectivity index (χ0) is 15.2. The summed E-state index contributed by atoms with van der Waals surface area (Å²) in [7, 11) is 3.83. The molecule has 21 heavy (non-hydrogen) atoms. The lowest BCUT2D eigenvalue weighted by Crippen LogP contribution is -2.44. The minimum atomic E-state index is -0.546. The minimum absolute atomic E-state index is 0.226. The molecule has 1 atom stereocenters. The van der Waals surface area contributed by atoms with Gasteiger partial charge in [0.05, 0.1) is 24.8 Å². The summed E-state index contributed by atoms with van der Waals surface area (Å²) < 4.78 is 5.52. The molecule has 5 nitrogen and oxygen atoms in total. The Morgan fingerprint density at radius 1 is 1.33 bits per heavy atom. The first-order valence-electron chi connectivity index (χ1n) is 7.23. The van der Waals surface area contributed by atoms with Crippen molar-refractivity contribution in [3.8, 4) is 5.75 Å². The van der Waals surface area contributed by atoms with Crippen molar-refractivity contribution in [2.45, 2.75) is 6.10 Å². The van der Waals surface area contributed by atoms with E-state index in [1.807, 2.05) is 12.1 Å². The number of hydrogen-bond acceptors (Lipinski definition) is 5. The predicted molar refractivity (Wildman–Crippen MR) is 87.9 cm³/mol. The smallest absolute Gasteiger partial charge is 0.144 e. The number of rotatable bonds is 6. The lowest BCUT2D eigenvalue weighted by molar-refractivity contribution is 0.211. The SMILES string of the molecule is COc1cc(NCC(O)CCl)ccc1N1CCN(C)CC1. The zero-order valence-electron chi connectivity index (χ0n) is 12.7. The summed E-state index contributed by atoms with van der Waals surface area (Å²) in [6.07, 6.45) is -0.546. The number of piperazine rings is 1. The normalized spacial score (nSPS) is 17.6. The number of benzene rings is 1. The van der Waals surface area contributed by atoms with Crippen LogP contribution in [0.4, 0.5) is 11.4 Å². The second kappa shape index (κ2) is 7.73. The Balaban J connectivity index is 2.05. The van der Waals surface area contributed by atoms with E-state index in [1.165, 1.54) is 0 Å². The van der Waals surface area contributed by atoms with E-state index in [-0.39, 0.29) is 5.88 Å². The van der Waals surface area contributed by atoms with Crippen LogP contribution < -0.4 is 15.0 Å². The number of anilines is 2. The van der Waals surface area contributed by atoms with Crippen LogP contribution in [0.25, 0.3) is 0 Å². The zero-order valence-corrected chi connectivity index (χ0v) is 13.4. The second-order valence-electron chi connectivity index (χ2n) is 5.37. The van der Waals surface area contributed by atoms with Gasteiger partial charge >= 0.3 is 0 Å². The van der Waals surface area contributed by atoms with Crippen LogP contribution in [0.2, 0.25) is 0 Å². The van der Waals surface area contributed by atoms with Crippen LogP contribution in [-0.2, 0) is 0 Å². The van der Waals surface area contributed by atoms with Crippen LogP contribution in [0, 0.1) is 0 Å². The Kier molecular flexibility index (Phi) is 5.96. The molecule has 2 rings (SSSR count). The molecule has 0 bridgehead atoms. The fourth-order valence-electron chi connectivity index (χ4n) is 2.39.